The number of fused-ring (bicyclic) bond motifs is 1. The van der Waals surface area contributed by atoms with Crippen LogP contribution in [0.5, 0.6) is 0 Å². The van der Waals surface area contributed by atoms with Crippen LogP contribution < -0.4 is 20.3 Å². The number of halogens is 1. The van der Waals surface area contributed by atoms with Crippen LogP contribution in [0, 0.1) is 5.92 Å². The second kappa shape index (κ2) is 11.3. The van der Waals surface area contributed by atoms with Gasteiger partial charge in [0.15, 0.2) is 5.82 Å². The van der Waals surface area contributed by atoms with E-state index in [4.69, 9.17) is 11.6 Å². The second-order valence-corrected chi connectivity index (χ2v) is 11.4. The van der Waals surface area contributed by atoms with E-state index in [2.05, 4.69) is 45.2 Å². The Balaban J connectivity index is 1.56. The van der Waals surface area contributed by atoms with Gasteiger partial charge >= 0.3 is 0 Å². The van der Waals surface area contributed by atoms with Crippen LogP contribution >= 0.6 is 11.6 Å². The molecule has 2 heterocycles. The Morgan fingerprint density at radius 3 is 2.75 bits per heavy atom. The zero-order valence-corrected chi connectivity index (χ0v) is 22.7. The molecule has 1 aromatic carbocycles. The summed E-state index contributed by atoms with van der Waals surface area (Å²) in [5, 5.41) is 7.14. The summed E-state index contributed by atoms with van der Waals surface area (Å²) in [6.45, 7) is 7.36. The van der Waals surface area contributed by atoms with Crippen molar-refractivity contribution in [3.05, 3.63) is 35.0 Å². The summed E-state index contributed by atoms with van der Waals surface area (Å²) < 4.78 is 24.6. The Bertz CT molecular complexity index is 1180. The van der Waals surface area contributed by atoms with Gasteiger partial charge in [-0.3, -0.25) is 4.79 Å². The molecule has 36 heavy (non-hydrogen) atoms. The van der Waals surface area contributed by atoms with Crippen molar-refractivity contribution in [1.82, 2.24) is 14.7 Å². The predicted molar refractivity (Wildman–Crippen MR) is 145 cm³/mol. The molecule has 2 atom stereocenters. The van der Waals surface area contributed by atoms with Crippen molar-refractivity contribution >= 4 is 51.5 Å². The SMILES string of the molecule is CCN1C(=O)CCC(C)(C)c2cc(Nc3ncc(Cl)c(N[C@@H]4CCCC[C@@H]4CN[SH](=O)=O)n3)ccc21. The number of carbonyl (C=O) groups is 1. The molecule has 0 bridgehead atoms. The van der Waals surface area contributed by atoms with E-state index in [1.165, 1.54) is 0 Å². The van der Waals surface area contributed by atoms with Crippen LogP contribution in [0.1, 0.15) is 64.9 Å². The maximum absolute atomic E-state index is 12.6. The summed E-state index contributed by atoms with van der Waals surface area (Å²) in [5.41, 5.74) is 2.74. The molecule has 0 unspecified atom stereocenters. The van der Waals surface area contributed by atoms with Gasteiger partial charge in [-0.25, -0.2) is 18.1 Å². The topological polar surface area (TPSA) is 116 Å². The smallest absolute Gasteiger partial charge is 0.229 e. The fourth-order valence-corrected chi connectivity index (χ4v) is 5.76. The molecule has 1 aliphatic heterocycles. The third-order valence-electron chi connectivity index (χ3n) is 7.31. The summed E-state index contributed by atoms with van der Waals surface area (Å²) in [4.78, 5) is 23.5. The Labute approximate surface area is 219 Å². The van der Waals surface area contributed by atoms with Crippen molar-refractivity contribution in [3.8, 4) is 0 Å². The molecular formula is C25H35ClN6O3S. The number of nitrogens with one attached hydrogen (secondary N) is 3. The average molecular weight is 535 g/mol. The maximum atomic E-state index is 12.6. The van der Waals surface area contributed by atoms with Crippen molar-refractivity contribution in [2.24, 2.45) is 5.92 Å². The lowest BCUT2D eigenvalue weighted by Gasteiger charge is -2.32. The summed E-state index contributed by atoms with van der Waals surface area (Å²) in [6, 6.07) is 6.07. The summed E-state index contributed by atoms with van der Waals surface area (Å²) >= 11 is 6.42. The minimum absolute atomic E-state index is 0.0623. The fraction of sp³-hybridized carbons (Fsp3) is 0.560. The van der Waals surface area contributed by atoms with Crippen LogP contribution in [0.2, 0.25) is 5.02 Å². The third-order valence-corrected chi connectivity index (χ3v) is 8.03. The van der Waals surface area contributed by atoms with Gasteiger partial charge in [-0.15, -0.1) is 0 Å². The van der Waals surface area contributed by atoms with Crippen LogP contribution in [-0.2, 0) is 21.1 Å². The Kier molecular flexibility index (Phi) is 8.37. The molecule has 9 nitrogen and oxygen atoms in total. The molecule has 1 aliphatic carbocycles. The monoisotopic (exact) mass is 534 g/mol. The third kappa shape index (κ3) is 6.10. The molecule has 0 saturated heterocycles. The predicted octanol–water partition coefficient (Wildman–Crippen LogP) is 4.38. The van der Waals surface area contributed by atoms with E-state index in [1.54, 1.807) is 6.20 Å². The highest BCUT2D eigenvalue weighted by Crippen LogP contribution is 2.41. The average Bonchev–Trinajstić information content (AvgIpc) is 2.94. The van der Waals surface area contributed by atoms with E-state index in [-0.39, 0.29) is 23.3 Å². The summed E-state index contributed by atoms with van der Waals surface area (Å²) in [5.74, 6) is 1.24. The molecule has 3 N–H and O–H groups in total. The molecule has 1 amide bonds. The lowest BCUT2D eigenvalue weighted by atomic mass is 9.80. The van der Waals surface area contributed by atoms with Gasteiger partial charge in [0.05, 0.1) is 6.20 Å². The maximum Gasteiger partial charge on any atom is 0.229 e. The van der Waals surface area contributed by atoms with Crippen LogP contribution in [0.4, 0.5) is 23.1 Å². The van der Waals surface area contributed by atoms with Crippen LogP contribution in [0.25, 0.3) is 0 Å². The van der Waals surface area contributed by atoms with Gasteiger partial charge in [-0.2, -0.15) is 4.98 Å². The minimum Gasteiger partial charge on any atom is -0.366 e. The van der Waals surface area contributed by atoms with Gasteiger partial charge in [0, 0.05) is 36.9 Å². The number of nitrogens with zero attached hydrogens (tertiary/aromatic N) is 3. The molecule has 196 valence electrons. The van der Waals surface area contributed by atoms with Crippen molar-refractivity contribution < 1.29 is 13.2 Å². The van der Waals surface area contributed by atoms with Crippen LogP contribution in [-0.4, -0.2) is 43.4 Å². The molecule has 0 radical (unpaired) electrons. The standard InChI is InChI=1S/C25H35ClN6O3S/c1-4-32-21-10-9-17(13-18(21)25(2,3)12-11-22(32)33)29-24-27-15-19(26)23(31-24)30-20-8-6-5-7-16(20)14-28-36(34)35/h9-10,13,15-16,20,36H,4-8,11-12,14H2,1-3H3,(H,28,34,35)(H2,27,29,30,31)/t16-,20-/m1/s1. The van der Waals surface area contributed by atoms with Crippen LogP contribution in [0.15, 0.2) is 24.4 Å². The number of benzene rings is 1. The first-order chi connectivity index (χ1) is 17.2. The highest BCUT2D eigenvalue weighted by molar-refractivity contribution is 7.70. The number of hydrogen-bond donors (Lipinski definition) is 4. The number of anilines is 4. The van der Waals surface area contributed by atoms with Crippen LogP contribution in [0.3, 0.4) is 0 Å². The molecular weight excluding hydrogens is 500 g/mol. The Morgan fingerprint density at radius 2 is 2.00 bits per heavy atom. The molecule has 2 aliphatic rings. The van der Waals surface area contributed by atoms with Crippen molar-refractivity contribution in [3.63, 3.8) is 0 Å². The first kappa shape index (κ1) is 26.6. The first-order valence-electron chi connectivity index (χ1n) is 12.6. The van der Waals surface area contributed by atoms with Gasteiger partial charge in [-0.05, 0) is 61.3 Å². The van der Waals surface area contributed by atoms with E-state index in [1.807, 2.05) is 24.0 Å². The summed E-state index contributed by atoms with van der Waals surface area (Å²) in [6.07, 6.45) is 6.85. The quantitative estimate of drug-likeness (QED) is 0.371. The Hall–Kier alpha value is -2.43. The van der Waals surface area contributed by atoms with Gasteiger partial charge < -0.3 is 15.5 Å². The van der Waals surface area contributed by atoms with Gasteiger partial charge in [0.25, 0.3) is 0 Å². The van der Waals surface area contributed by atoms with Crippen molar-refractivity contribution in [2.45, 2.75) is 70.8 Å². The number of rotatable bonds is 8. The highest BCUT2D eigenvalue weighted by Gasteiger charge is 2.32. The zero-order chi connectivity index (χ0) is 25.9. The molecule has 0 spiro atoms. The van der Waals surface area contributed by atoms with Gasteiger partial charge in [0.2, 0.25) is 22.7 Å². The highest BCUT2D eigenvalue weighted by atomic mass is 35.5. The van der Waals surface area contributed by atoms with E-state index in [0.717, 1.165) is 49.0 Å². The van der Waals surface area contributed by atoms with E-state index < -0.39 is 10.9 Å². The number of hydrogen-bond acceptors (Lipinski definition) is 7. The normalized spacial score (nSPS) is 21.7. The largest absolute Gasteiger partial charge is 0.366 e. The van der Waals surface area contributed by atoms with E-state index in [9.17, 15) is 13.2 Å². The lowest BCUT2D eigenvalue weighted by Crippen LogP contribution is -2.38. The van der Waals surface area contributed by atoms with Gasteiger partial charge in [0.1, 0.15) is 5.02 Å². The Morgan fingerprint density at radius 1 is 1.22 bits per heavy atom. The summed E-state index contributed by atoms with van der Waals surface area (Å²) in [7, 11) is -2.62. The first-order valence-corrected chi connectivity index (χ1v) is 14.1. The molecule has 1 saturated carbocycles. The number of carbonyl (C=O) groups excluding carboxylic acids is 1. The molecule has 2 aromatic rings. The number of amides is 1. The lowest BCUT2D eigenvalue weighted by molar-refractivity contribution is -0.118. The molecule has 4 rings (SSSR count). The number of aromatic nitrogens is 2. The van der Waals surface area contributed by atoms with Crippen molar-refractivity contribution in [1.29, 1.82) is 0 Å². The number of thiol groups is 1. The second-order valence-electron chi connectivity index (χ2n) is 10.2. The minimum atomic E-state index is -2.62. The van der Waals surface area contributed by atoms with E-state index >= 15 is 0 Å². The zero-order valence-electron chi connectivity index (χ0n) is 21.0. The fourth-order valence-electron chi connectivity index (χ4n) is 5.23. The van der Waals surface area contributed by atoms with Crippen molar-refractivity contribution in [2.75, 3.05) is 28.6 Å². The molecule has 1 fully saturated rings. The van der Waals surface area contributed by atoms with E-state index in [0.29, 0.717) is 36.3 Å². The molecule has 11 heteroatoms. The van der Waals surface area contributed by atoms with Gasteiger partial charge in [-0.1, -0.05) is 38.3 Å². The molecule has 1 aromatic heterocycles.